The van der Waals surface area contributed by atoms with E-state index < -0.39 is 0 Å². The van der Waals surface area contributed by atoms with Crippen molar-refractivity contribution in [1.82, 2.24) is 20.2 Å². The van der Waals surface area contributed by atoms with Crippen LogP contribution in [0.1, 0.15) is 44.0 Å². The zero-order valence-corrected chi connectivity index (χ0v) is 15.9. The van der Waals surface area contributed by atoms with Crippen molar-refractivity contribution < 1.29 is 9.53 Å². The summed E-state index contributed by atoms with van der Waals surface area (Å²) in [6.07, 6.45) is 7.18. The van der Waals surface area contributed by atoms with Crippen LogP contribution in [0, 0.1) is 18.4 Å². The fourth-order valence-electron chi connectivity index (χ4n) is 2.05. The number of ether oxygens (including phenoxy) is 1. The molecule has 1 aromatic rings. The summed E-state index contributed by atoms with van der Waals surface area (Å²) in [7, 11) is 1.59. The van der Waals surface area contributed by atoms with Gasteiger partial charge in [-0.25, -0.2) is 14.3 Å². The fraction of sp³-hybridized carbons (Fsp3) is 0.625. The Balaban J connectivity index is 2.46. The number of thioether (sulfide) groups is 1. The molecule has 2 N–H and O–H groups in total. The zero-order chi connectivity index (χ0) is 18.5. The van der Waals surface area contributed by atoms with Crippen LogP contribution in [-0.2, 0) is 10.5 Å². The van der Waals surface area contributed by atoms with Crippen LogP contribution in [0.3, 0.4) is 0 Å². The van der Waals surface area contributed by atoms with Gasteiger partial charge in [0.1, 0.15) is 6.33 Å². The van der Waals surface area contributed by atoms with Crippen LogP contribution < -0.4 is 10.6 Å². The molecule has 8 nitrogen and oxygen atoms in total. The summed E-state index contributed by atoms with van der Waals surface area (Å²) >= 11 is 1.55. The van der Waals surface area contributed by atoms with Gasteiger partial charge < -0.3 is 10.1 Å². The molecule has 0 aromatic carbocycles. The number of nitrogens with zero attached hydrogens (tertiary/aromatic N) is 4. The lowest BCUT2D eigenvalue weighted by molar-refractivity contribution is 0.145. The van der Waals surface area contributed by atoms with Gasteiger partial charge in [-0.15, -0.1) is 11.8 Å². The third-order valence-corrected chi connectivity index (χ3v) is 4.30. The number of carbonyl (C=O) groups is 1. The number of rotatable bonds is 9. The van der Waals surface area contributed by atoms with Gasteiger partial charge in [0, 0.05) is 12.8 Å². The normalized spacial score (nSPS) is 11.0. The lowest BCUT2D eigenvalue weighted by Crippen LogP contribution is -2.34. The minimum atomic E-state index is -0.386. The Morgan fingerprint density at radius 3 is 2.96 bits per heavy atom. The van der Waals surface area contributed by atoms with Crippen LogP contribution in [0.5, 0.6) is 0 Å². The third kappa shape index (κ3) is 7.47. The SMILES string of the molecule is CCCCCCOC(=O)n1cnc(C)c1CSCNC(=NC)NC#N. The standard InChI is InChI=1S/C16H26N6O2S/c1-4-5-6-7-8-24-16(23)22-11-20-13(2)14(22)9-25-12-21-15(18-3)19-10-17/h11H,4-9,12H2,1-3H3,(H2,18,19,21). The lowest BCUT2D eigenvalue weighted by atomic mass is 10.2. The van der Waals surface area contributed by atoms with E-state index in [-0.39, 0.29) is 6.09 Å². The number of aromatic nitrogens is 2. The van der Waals surface area contributed by atoms with Gasteiger partial charge >= 0.3 is 6.09 Å². The van der Waals surface area contributed by atoms with Crippen molar-refractivity contribution in [3.05, 3.63) is 17.7 Å². The highest BCUT2D eigenvalue weighted by Crippen LogP contribution is 2.15. The molecule has 1 rings (SSSR count). The maximum atomic E-state index is 12.2. The molecule has 0 unspecified atom stereocenters. The number of hydrogen-bond acceptors (Lipinski definition) is 6. The number of nitrogens with one attached hydrogen (secondary N) is 2. The van der Waals surface area contributed by atoms with E-state index in [9.17, 15) is 4.79 Å². The van der Waals surface area contributed by atoms with Crippen molar-refractivity contribution in [2.75, 3.05) is 19.5 Å². The molecule has 1 aromatic heterocycles. The van der Waals surface area contributed by atoms with Crippen LogP contribution in [0.4, 0.5) is 4.79 Å². The Labute approximate surface area is 153 Å². The molecule has 138 valence electrons. The molecule has 9 heteroatoms. The zero-order valence-electron chi connectivity index (χ0n) is 15.0. The minimum Gasteiger partial charge on any atom is -0.449 e. The molecule has 0 saturated carbocycles. The molecule has 0 amide bonds. The summed E-state index contributed by atoms with van der Waals surface area (Å²) < 4.78 is 6.78. The summed E-state index contributed by atoms with van der Waals surface area (Å²) in [6, 6.07) is 0. The summed E-state index contributed by atoms with van der Waals surface area (Å²) in [5.74, 6) is 1.54. The molecule has 0 saturated heterocycles. The first kappa shape index (κ1) is 20.8. The van der Waals surface area contributed by atoms with Crippen molar-refractivity contribution in [2.24, 2.45) is 4.99 Å². The molecular formula is C16H26N6O2S. The van der Waals surface area contributed by atoms with Crippen molar-refractivity contribution in [1.29, 1.82) is 5.26 Å². The maximum Gasteiger partial charge on any atom is 0.419 e. The van der Waals surface area contributed by atoms with Crippen LogP contribution >= 0.6 is 11.8 Å². The largest absolute Gasteiger partial charge is 0.449 e. The van der Waals surface area contributed by atoms with E-state index in [0.717, 1.165) is 37.1 Å². The average molecular weight is 366 g/mol. The Morgan fingerprint density at radius 1 is 1.48 bits per heavy atom. The summed E-state index contributed by atoms with van der Waals surface area (Å²) in [4.78, 5) is 20.3. The lowest BCUT2D eigenvalue weighted by Gasteiger charge is -2.10. The predicted molar refractivity (Wildman–Crippen MR) is 99.3 cm³/mol. The van der Waals surface area contributed by atoms with E-state index in [1.54, 1.807) is 18.8 Å². The number of unbranched alkanes of at least 4 members (excludes halogenated alkanes) is 3. The van der Waals surface area contributed by atoms with Crippen molar-refractivity contribution in [2.45, 2.75) is 45.3 Å². The van der Waals surface area contributed by atoms with Gasteiger partial charge in [-0.3, -0.25) is 10.3 Å². The second-order valence-corrected chi connectivity index (χ2v) is 6.29. The van der Waals surface area contributed by atoms with Gasteiger partial charge in [0.2, 0.25) is 5.96 Å². The van der Waals surface area contributed by atoms with Crippen molar-refractivity contribution in [3.8, 4) is 6.19 Å². The Hall–Kier alpha value is -2.21. The Bertz CT molecular complexity index is 608. The van der Waals surface area contributed by atoms with Gasteiger partial charge in [0.05, 0.1) is 23.9 Å². The van der Waals surface area contributed by atoms with Gasteiger partial charge in [-0.2, -0.15) is 5.26 Å². The molecule has 25 heavy (non-hydrogen) atoms. The molecule has 0 radical (unpaired) electrons. The van der Waals surface area contributed by atoms with E-state index in [0.29, 0.717) is 24.2 Å². The van der Waals surface area contributed by atoms with E-state index >= 15 is 0 Å². The Kier molecular flexibility index (Phi) is 10.2. The van der Waals surface area contributed by atoms with Gasteiger partial charge in [0.25, 0.3) is 0 Å². The molecule has 0 fully saturated rings. The third-order valence-electron chi connectivity index (χ3n) is 3.47. The van der Waals surface area contributed by atoms with E-state index in [1.807, 2.05) is 13.1 Å². The second kappa shape index (κ2) is 12.2. The fourth-order valence-corrected chi connectivity index (χ4v) is 2.93. The van der Waals surface area contributed by atoms with Gasteiger partial charge in [-0.1, -0.05) is 26.2 Å². The molecule has 0 bridgehead atoms. The van der Waals surface area contributed by atoms with Gasteiger partial charge in [-0.05, 0) is 13.3 Å². The number of nitriles is 1. The first-order chi connectivity index (χ1) is 12.1. The second-order valence-electron chi connectivity index (χ2n) is 5.30. The van der Waals surface area contributed by atoms with E-state index in [2.05, 4.69) is 27.5 Å². The molecule has 0 spiro atoms. The van der Waals surface area contributed by atoms with Gasteiger partial charge in [0.15, 0.2) is 6.19 Å². The quantitative estimate of drug-likeness (QED) is 0.173. The highest BCUT2D eigenvalue weighted by atomic mass is 32.2. The average Bonchev–Trinajstić information content (AvgIpc) is 2.98. The van der Waals surface area contributed by atoms with Crippen LogP contribution in [0.15, 0.2) is 11.3 Å². The molecule has 0 aliphatic heterocycles. The smallest absolute Gasteiger partial charge is 0.419 e. The summed E-state index contributed by atoms with van der Waals surface area (Å²) in [6.45, 7) is 4.44. The topological polar surface area (TPSA) is 104 Å². The molecule has 0 atom stereocenters. The van der Waals surface area contributed by atoms with Crippen LogP contribution in [0.2, 0.25) is 0 Å². The number of guanidine groups is 1. The number of hydrogen-bond donors (Lipinski definition) is 2. The number of aryl methyl sites for hydroxylation is 1. The van der Waals surface area contributed by atoms with E-state index in [4.69, 9.17) is 10.00 Å². The first-order valence-corrected chi connectivity index (χ1v) is 9.42. The van der Waals surface area contributed by atoms with Crippen molar-refractivity contribution >= 4 is 23.8 Å². The van der Waals surface area contributed by atoms with Crippen molar-refractivity contribution in [3.63, 3.8) is 0 Å². The highest BCUT2D eigenvalue weighted by Gasteiger charge is 2.14. The first-order valence-electron chi connectivity index (χ1n) is 8.27. The summed E-state index contributed by atoms with van der Waals surface area (Å²) in [5.41, 5.74) is 1.61. The van der Waals surface area contributed by atoms with Crippen LogP contribution in [-0.4, -0.2) is 41.1 Å². The maximum absolute atomic E-state index is 12.2. The Morgan fingerprint density at radius 2 is 2.28 bits per heavy atom. The number of carbonyl (C=O) groups excluding carboxylic acids is 1. The monoisotopic (exact) mass is 366 g/mol. The number of imidazole rings is 1. The predicted octanol–water partition coefficient (Wildman–Crippen LogP) is 2.59. The number of aliphatic imine (C=N–C) groups is 1. The van der Waals surface area contributed by atoms with E-state index in [1.165, 1.54) is 10.9 Å². The highest BCUT2D eigenvalue weighted by molar-refractivity contribution is 7.98. The summed E-state index contributed by atoms with van der Waals surface area (Å²) in [5, 5.41) is 14.0. The molecule has 1 heterocycles. The molecule has 0 aliphatic rings. The minimum absolute atomic E-state index is 0.386. The van der Waals surface area contributed by atoms with Crippen LogP contribution in [0.25, 0.3) is 0 Å². The molecular weight excluding hydrogens is 340 g/mol. The molecule has 0 aliphatic carbocycles.